The van der Waals surface area contributed by atoms with E-state index < -0.39 is 84.7 Å². The SMILES string of the molecule is C.COC(=O)C[C@H](CC(=O)[C@@H](CC(C)C)N1CCC(C(F)(F)F)CC1=O)c1cncc(-c2c(C)cccc2C)c1.Cc1cccc(C)c1-c1cncc([C@H](CC(=O)O)CC(=O)[C@@H](CC(C)C)N2CCC(C(F)(F)F)CC2=O)c1.O.[Li+].[OH-]. The Labute approximate surface area is 484 Å². The molecular weight excluding hydrogens is 1060 g/mol. The van der Waals surface area contributed by atoms with Crippen LogP contribution in [0.4, 0.5) is 26.3 Å². The van der Waals surface area contributed by atoms with Crippen LogP contribution in [0, 0.1) is 51.4 Å². The fraction of sp³-hybridized carbons (Fsp3) is 0.533. The van der Waals surface area contributed by atoms with Crippen molar-refractivity contribution in [3.8, 4) is 22.3 Å². The number of alkyl halides is 6. The number of halogens is 6. The van der Waals surface area contributed by atoms with Crippen LogP contribution in [0.25, 0.3) is 22.3 Å². The first kappa shape index (κ1) is 73.1. The minimum absolute atomic E-state index is 0. The van der Waals surface area contributed by atoms with Crippen molar-refractivity contribution in [3.05, 3.63) is 107 Å². The van der Waals surface area contributed by atoms with Crippen LogP contribution in [-0.2, 0) is 33.5 Å². The van der Waals surface area contributed by atoms with Crippen LogP contribution in [-0.4, -0.2) is 116 Å². The summed E-state index contributed by atoms with van der Waals surface area (Å²) >= 11 is 0. The van der Waals surface area contributed by atoms with E-state index in [2.05, 4.69) is 9.97 Å². The molecule has 4 N–H and O–H groups in total. The molecule has 4 heterocycles. The molecule has 0 spiro atoms. The molecule has 2 unspecified atom stereocenters. The van der Waals surface area contributed by atoms with Gasteiger partial charge in [0.05, 0.1) is 43.9 Å². The summed E-state index contributed by atoms with van der Waals surface area (Å²) in [6, 6.07) is 13.9. The number of rotatable bonds is 20. The quantitative estimate of drug-likeness (QED) is 0.0499. The molecule has 2 saturated heterocycles. The van der Waals surface area contributed by atoms with Crippen molar-refractivity contribution in [2.75, 3.05) is 20.2 Å². The van der Waals surface area contributed by atoms with Crippen molar-refractivity contribution in [1.29, 1.82) is 0 Å². The van der Waals surface area contributed by atoms with Crippen LogP contribution in [0.1, 0.15) is 145 Å². The van der Waals surface area contributed by atoms with Crippen molar-refractivity contribution in [2.24, 2.45) is 23.7 Å². The third-order valence-corrected chi connectivity index (χ3v) is 14.7. The maximum absolute atomic E-state index is 13.7. The van der Waals surface area contributed by atoms with E-state index >= 15 is 0 Å². The zero-order valence-electron chi connectivity index (χ0n) is 47.3. The van der Waals surface area contributed by atoms with Crippen molar-refractivity contribution in [3.63, 3.8) is 0 Å². The Balaban J connectivity index is 0.000000772. The maximum atomic E-state index is 13.7. The summed E-state index contributed by atoms with van der Waals surface area (Å²) in [6.45, 7) is 15.2. The molecule has 2 amide bonds. The molecule has 2 aromatic carbocycles. The second-order valence-electron chi connectivity index (χ2n) is 21.6. The van der Waals surface area contributed by atoms with Crippen molar-refractivity contribution in [2.45, 2.75) is 163 Å². The molecule has 2 aliphatic rings. The summed E-state index contributed by atoms with van der Waals surface area (Å²) in [6.07, 6.45) is -4.11. The van der Waals surface area contributed by atoms with Gasteiger partial charge in [-0.2, -0.15) is 26.3 Å². The molecule has 2 fully saturated rings. The van der Waals surface area contributed by atoms with E-state index in [1.807, 2.05) is 104 Å². The van der Waals surface area contributed by atoms with E-state index in [1.165, 1.54) is 16.9 Å². The van der Waals surface area contributed by atoms with Gasteiger partial charge in [0.25, 0.3) is 0 Å². The van der Waals surface area contributed by atoms with Gasteiger partial charge in [0.1, 0.15) is 0 Å². The topological polar surface area (TPSA) is 226 Å². The Morgan fingerprint density at radius 2 is 0.975 bits per heavy atom. The Hall–Kier alpha value is -5.94. The van der Waals surface area contributed by atoms with E-state index in [9.17, 15) is 60.2 Å². The molecule has 2 aromatic heterocycles. The van der Waals surface area contributed by atoms with Gasteiger partial charge in [-0.25, -0.2) is 0 Å². The maximum Gasteiger partial charge on any atom is 1.00 e. The number of nitrogens with zero attached hydrogens (tertiary/aromatic N) is 4. The number of carboxylic acid groups (broad SMARTS) is 1. The number of pyridine rings is 2. The molecule has 21 heteroatoms. The minimum Gasteiger partial charge on any atom is -0.870 e. The number of carboxylic acids is 1. The molecule has 81 heavy (non-hydrogen) atoms. The van der Waals surface area contributed by atoms with E-state index in [4.69, 9.17) is 4.74 Å². The second kappa shape index (κ2) is 32.0. The normalized spacial score (nSPS) is 17.0. The number of aryl methyl sites for hydroxylation is 4. The first-order valence-corrected chi connectivity index (χ1v) is 26.2. The second-order valence-corrected chi connectivity index (χ2v) is 21.6. The third-order valence-electron chi connectivity index (χ3n) is 14.7. The van der Waals surface area contributed by atoms with Crippen molar-refractivity contribution >= 4 is 35.3 Å². The molecule has 0 radical (unpaired) electrons. The Bertz CT molecular complexity index is 2720. The fourth-order valence-corrected chi connectivity index (χ4v) is 10.7. The number of carbonyl (C=O) groups is 6. The summed E-state index contributed by atoms with van der Waals surface area (Å²) in [7, 11) is 1.28. The number of aliphatic carboxylic acids is 1. The average Bonchev–Trinajstić information content (AvgIpc) is 3.34. The van der Waals surface area contributed by atoms with Crippen LogP contribution in [0.5, 0.6) is 0 Å². The van der Waals surface area contributed by atoms with Gasteiger partial charge in [-0.3, -0.25) is 38.7 Å². The number of ketones is 2. The number of methoxy groups -OCH3 is 1. The molecule has 6 rings (SSSR count). The number of esters is 1. The molecule has 6 atom stereocenters. The largest absolute Gasteiger partial charge is 1.00 e. The number of ether oxygens (including phenoxy) is 1. The van der Waals surface area contributed by atoms with Gasteiger partial charge in [-0.15, -0.1) is 0 Å². The van der Waals surface area contributed by atoms with E-state index in [0.29, 0.717) is 24.0 Å². The van der Waals surface area contributed by atoms with E-state index in [1.54, 1.807) is 24.8 Å². The molecule has 0 bridgehead atoms. The summed E-state index contributed by atoms with van der Waals surface area (Å²) in [5.41, 5.74) is 9.13. The smallest absolute Gasteiger partial charge is 0.870 e. The Morgan fingerprint density at radius 3 is 1.27 bits per heavy atom. The van der Waals surface area contributed by atoms with E-state index in [0.717, 1.165) is 44.5 Å². The van der Waals surface area contributed by atoms with Crippen LogP contribution in [0.15, 0.2) is 73.3 Å². The number of hydrogen-bond acceptors (Lipinski definition) is 10. The predicted octanol–water partition coefficient (Wildman–Crippen LogP) is 8.92. The van der Waals surface area contributed by atoms with Crippen molar-refractivity contribution < 1.29 is 94.8 Å². The number of carbonyl (C=O) groups excluding carboxylic acids is 5. The number of Topliss-reactive ketones (excluding diaryl/α,β-unsaturated/α-hetero) is 2. The van der Waals surface area contributed by atoms with Gasteiger partial charge in [-0.1, -0.05) is 71.5 Å². The number of piperidine rings is 2. The van der Waals surface area contributed by atoms with Gasteiger partial charge in [0, 0.05) is 86.5 Å². The van der Waals surface area contributed by atoms with Gasteiger partial charge in [-0.05, 0) is 122 Å². The molecule has 0 saturated carbocycles. The predicted molar refractivity (Wildman–Crippen MR) is 292 cm³/mol. The monoisotopic (exact) mass is 1140 g/mol. The van der Waals surface area contributed by atoms with Crippen LogP contribution >= 0.6 is 0 Å². The van der Waals surface area contributed by atoms with Gasteiger partial charge < -0.3 is 30.6 Å². The third kappa shape index (κ3) is 20.2. The van der Waals surface area contributed by atoms with Crippen LogP contribution < -0.4 is 18.9 Å². The van der Waals surface area contributed by atoms with Crippen LogP contribution in [0.2, 0.25) is 0 Å². The molecule has 14 nitrogen and oxygen atoms in total. The number of likely N-dealkylation sites (tertiary alicyclic amines) is 2. The number of aromatic nitrogens is 2. The summed E-state index contributed by atoms with van der Waals surface area (Å²) in [5.74, 6) is -8.19. The average molecular weight is 1140 g/mol. The van der Waals surface area contributed by atoms with Gasteiger partial charge in [0.2, 0.25) is 11.8 Å². The van der Waals surface area contributed by atoms with Crippen LogP contribution in [0.3, 0.4) is 0 Å². The minimum atomic E-state index is -4.46. The molecule has 4 aromatic rings. The first-order valence-electron chi connectivity index (χ1n) is 26.2. The Kier molecular flexibility index (Phi) is 28.9. The number of amides is 2. The van der Waals surface area contributed by atoms with E-state index in [-0.39, 0.29) is 112 Å². The fourth-order valence-electron chi connectivity index (χ4n) is 10.7. The molecule has 2 aliphatic heterocycles. The molecule has 442 valence electrons. The van der Waals surface area contributed by atoms with Crippen molar-refractivity contribution in [1.82, 2.24) is 19.8 Å². The number of benzene rings is 2. The zero-order valence-corrected chi connectivity index (χ0v) is 47.3. The zero-order chi connectivity index (χ0) is 57.1. The van der Waals surface area contributed by atoms with Gasteiger partial charge >= 0.3 is 43.2 Å². The summed E-state index contributed by atoms with van der Waals surface area (Å²) in [5, 5.41) is 9.61. The number of hydrogen-bond donors (Lipinski definition) is 1. The standard InChI is InChI=1S/C30H37F3N2O4.C29H35F3N2O4.CH4.Li.2H2O/c1-18(2)11-25(35-10-9-24(15-27(35)37)30(31,32)33)26(36)13-21(14-28(38)39-5)22-12-23(17-34-16-22)29-19(3)7-6-8-20(29)4;1-17(2)10-24(34-9-8-23(14-26(34)36)29(30,31)32)25(35)12-20(13-27(37)38)21-11-22(16-33-15-21)28-18(3)6-5-7-19(28)4;;;;/h6-8,12,16-18,21,24-25H,9-11,13-15H2,1-5H3;5-7,11,15-17,20,23-24H,8-10,12-14H2,1-4H3,(H,37,38);1H4;;2*1H2/q;;;+1;;/p-1/t21-,24?,25+;20-,23?,24+;;;;/m00..../s1. The van der Waals surface area contributed by atoms with Gasteiger partial charge in [0.15, 0.2) is 11.6 Å². The molecule has 0 aliphatic carbocycles. The summed E-state index contributed by atoms with van der Waals surface area (Å²) in [4.78, 5) is 88.3. The Morgan fingerprint density at radius 1 is 0.630 bits per heavy atom. The first-order chi connectivity index (χ1) is 36.1. The molecular formula is C60H79F6LiN4O10. The summed E-state index contributed by atoms with van der Waals surface area (Å²) < 4.78 is 84.2.